The van der Waals surface area contributed by atoms with E-state index in [4.69, 9.17) is 4.74 Å². The summed E-state index contributed by atoms with van der Waals surface area (Å²) in [5, 5.41) is 13.8. The molecule has 0 fully saturated rings. The van der Waals surface area contributed by atoms with Gasteiger partial charge < -0.3 is 10.1 Å². The van der Waals surface area contributed by atoms with E-state index in [1.807, 2.05) is 19.2 Å². The Morgan fingerprint density at radius 3 is 2.62 bits per heavy atom. The molecule has 0 aliphatic heterocycles. The number of hydrogen-bond acceptors (Lipinski definition) is 5. The smallest absolute Gasteiger partial charge is 0.271 e. The van der Waals surface area contributed by atoms with Gasteiger partial charge in [-0.2, -0.15) is 0 Å². The number of pyridine rings is 1. The number of rotatable bonds is 5. The lowest BCUT2D eigenvalue weighted by Crippen LogP contribution is -2.07. The Kier molecular flexibility index (Phi) is 5.27. The molecule has 0 aliphatic rings. The van der Waals surface area contributed by atoms with E-state index in [-0.39, 0.29) is 5.69 Å². The van der Waals surface area contributed by atoms with Gasteiger partial charge in [0, 0.05) is 30.4 Å². The number of nitrogens with one attached hydrogen (secondary N) is 1. The minimum Gasteiger partial charge on any atom is -0.436 e. The lowest BCUT2D eigenvalue weighted by molar-refractivity contribution is -0.385. The van der Waals surface area contributed by atoms with E-state index in [0.717, 1.165) is 5.56 Å². The molecule has 0 unspecified atom stereocenters. The van der Waals surface area contributed by atoms with Crippen molar-refractivity contribution in [3.63, 3.8) is 0 Å². The monoisotopic (exact) mass is 415 g/mol. The Morgan fingerprint density at radius 1 is 1.38 bits per heavy atom. The molecule has 0 saturated carbocycles. The summed E-state index contributed by atoms with van der Waals surface area (Å²) >= 11 is 6.57. The molecule has 1 aromatic heterocycles. The van der Waals surface area contributed by atoms with Gasteiger partial charge in [0.25, 0.3) is 5.69 Å². The van der Waals surface area contributed by atoms with Crippen LogP contribution in [0.3, 0.4) is 0 Å². The van der Waals surface area contributed by atoms with E-state index in [2.05, 4.69) is 42.2 Å². The first kappa shape index (κ1) is 15.9. The summed E-state index contributed by atoms with van der Waals surface area (Å²) in [6.07, 6.45) is 1.63. The summed E-state index contributed by atoms with van der Waals surface area (Å²) in [5.41, 5.74) is 0.856. The SMILES string of the molecule is CNCc1cccnc1Oc1c(Br)cc([N+](=O)[O-])cc1Br. The number of nitro groups is 1. The van der Waals surface area contributed by atoms with Crippen LogP contribution in [0.25, 0.3) is 0 Å². The van der Waals surface area contributed by atoms with Crippen molar-refractivity contribution in [3.8, 4) is 11.6 Å². The molecule has 2 rings (SSSR count). The number of non-ortho nitro benzene ring substituents is 1. The molecule has 8 heteroatoms. The first-order valence-electron chi connectivity index (χ1n) is 5.92. The fourth-order valence-corrected chi connectivity index (χ4v) is 3.01. The number of hydrogen-bond donors (Lipinski definition) is 1. The second-order valence-corrected chi connectivity index (χ2v) is 5.80. The molecule has 0 radical (unpaired) electrons. The van der Waals surface area contributed by atoms with E-state index in [9.17, 15) is 10.1 Å². The van der Waals surface area contributed by atoms with Crippen LogP contribution in [0.4, 0.5) is 5.69 Å². The number of nitro benzene ring substituents is 1. The second-order valence-electron chi connectivity index (χ2n) is 4.10. The standard InChI is InChI=1S/C13H11Br2N3O3/c1-16-7-8-3-2-4-17-13(8)21-12-10(14)5-9(18(19)20)6-11(12)15/h2-6,16H,7H2,1H3. The van der Waals surface area contributed by atoms with Crippen molar-refractivity contribution in [2.45, 2.75) is 6.54 Å². The first-order chi connectivity index (χ1) is 10.0. The zero-order valence-corrected chi connectivity index (χ0v) is 14.1. The van der Waals surface area contributed by atoms with Crippen LogP contribution in [0.1, 0.15) is 5.56 Å². The fraction of sp³-hybridized carbons (Fsp3) is 0.154. The van der Waals surface area contributed by atoms with Crippen LogP contribution in [-0.4, -0.2) is 17.0 Å². The van der Waals surface area contributed by atoms with Crippen LogP contribution >= 0.6 is 31.9 Å². The molecule has 1 N–H and O–H groups in total. The van der Waals surface area contributed by atoms with Crippen LogP contribution in [0, 0.1) is 10.1 Å². The molecule has 1 aromatic carbocycles. The summed E-state index contributed by atoms with van der Waals surface area (Å²) in [6, 6.07) is 6.49. The van der Waals surface area contributed by atoms with E-state index in [1.54, 1.807) is 6.20 Å². The Hall–Kier alpha value is -1.51. The van der Waals surface area contributed by atoms with Crippen molar-refractivity contribution in [3.05, 3.63) is 55.1 Å². The summed E-state index contributed by atoms with van der Waals surface area (Å²) in [7, 11) is 1.83. The molecule has 2 aromatic rings. The normalized spacial score (nSPS) is 10.4. The van der Waals surface area contributed by atoms with Gasteiger partial charge in [-0.3, -0.25) is 10.1 Å². The highest BCUT2D eigenvalue weighted by Crippen LogP contribution is 2.39. The van der Waals surface area contributed by atoms with Crippen LogP contribution in [-0.2, 0) is 6.54 Å². The van der Waals surface area contributed by atoms with Gasteiger partial charge >= 0.3 is 0 Å². The van der Waals surface area contributed by atoms with Crippen molar-refractivity contribution in [1.29, 1.82) is 0 Å². The van der Waals surface area contributed by atoms with Crippen LogP contribution < -0.4 is 10.1 Å². The van der Waals surface area contributed by atoms with Gasteiger partial charge in [0.05, 0.1) is 13.9 Å². The van der Waals surface area contributed by atoms with E-state index >= 15 is 0 Å². The third-order valence-corrected chi connectivity index (χ3v) is 3.79. The molecular formula is C13H11Br2N3O3. The van der Waals surface area contributed by atoms with E-state index < -0.39 is 4.92 Å². The largest absolute Gasteiger partial charge is 0.436 e. The molecule has 0 aliphatic carbocycles. The Bertz CT molecular complexity index is 656. The van der Waals surface area contributed by atoms with Gasteiger partial charge in [-0.05, 0) is 45.0 Å². The lowest BCUT2D eigenvalue weighted by atomic mass is 10.2. The molecule has 0 amide bonds. The number of benzene rings is 1. The van der Waals surface area contributed by atoms with Gasteiger partial charge in [-0.25, -0.2) is 4.98 Å². The summed E-state index contributed by atoms with van der Waals surface area (Å²) in [6.45, 7) is 0.603. The molecule has 110 valence electrons. The molecular weight excluding hydrogens is 406 g/mol. The molecule has 0 atom stereocenters. The van der Waals surface area contributed by atoms with E-state index in [1.165, 1.54) is 12.1 Å². The minimum atomic E-state index is -0.466. The maximum absolute atomic E-state index is 10.8. The number of ether oxygens (including phenoxy) is 1. The summed E-state index contributed by atoms with van der Waals surface area (Å²) in [4.78, 5) is 14.5. The molecule has 21 heavy (non-hydrogen) atoms. The third kappa shape index (κ3) is 3.78. The average molecular weight is 417 g/mol. The van der Waals surface area contributed by atoms with Gasteiger partial charge in [-0.1, -0.05) is 6.07 Å². The first-order valence-corrected chi connectivity index (χ1v) is 7.51. The Balaban J connectivity index is 2.38. The van der Waals surface area contributed by atoms with Crippen molar-refractivity contribution in [2.75, 3.05) is 7.05 Å². The van der Waals surface area contributed by atoms with Gasteiger partial charge in [0.15, 0.2) is 5.75 Å². The number of nitrogens with zero attached hydrogens (tertiary/aromatic N) is 2. The molecule has 0 saturated heterocycles. The zero-order valence-electron chi connectivity index (χ0n) is 11.0. The quantitative estimate of drug-likeness (QED) is 0.588. The molecule has 6 nitrogen and oxygen atoms in total. The highest BCUT2D eigenvalue weighted by Gasteiger charge is 2.17. The van der Waals surface area contributed by atoms with Crippen molar-refractivity contribution >= 4 is 37.5 Å². The third-order valence-electron chi connectivity index (χ3n) is 2.61. The predicted molar refractivity (Wildman–Crippen MR) is 85.6 cm³/mol. The highest BCUT2D eigenvalue weighted by molar-refractivity contribution is 9.11. The summed E-state index contributed by atoms with van der Waals surface area (Å²) in [5.74, 6) is 0.888. The van der Waals surface area contributed by atoms with Crippen LogP contribution in [0.5, 0.6) is 11.6 Å². The highest BCUT2D eigenvalue weighted by atomic mass is 79.9. The van der Waals surface area contributed by atoms with Crippen molar-refractivity contribution in [1.82, 2.24) is 10.3 Å². The second kappa shape index (κ2) is 6.97. The van der Waals surface area contributed by atoms with Crippen molar-refractivity contribution in [2.24, 2.45) is 0 Å². The Labute approximate surface area is 137 Å². The predicted octanol–water partition coefficient (Wildman–Crippen LogP) is 4.03. The topological polar surface area (TPSA) is 77.3 Å². The maximum Gasteiger partial charge on any atom is 0.271 e. The molecule has 1 heterocycles. The summed E-state index contributed by atoms with van der Waals surface area (Å²) < 4.78 is 6.74. The van der Waals surface area contributed by atoms with Gasteiger partial charge in [0.2, 0.25) is 5.88 Å². The lowest BCUT2D eigenvalue weighted by Gasteiger charge is -2.12. The fourth-order valence-electron chi connectivity index (χ4n) is 1.69. The molecule has 0 bridgehead atoms. The average Bonchev–Trinajstić information content (AvgIpc) is 2.44. The maximum atomic E-state index is 10.8. The van der Waals surface area contributed by atoms with Gasteiger partial charge in [0.1, 0.15) is 0 Å². The van der Waals surface area contributed by atoms with Crippen LogP contribution in [0.15, 0.2) is 39.4 Å². The Morgan fingerprint density at radius 2 is 2.05 bits per heavy atom. The molecule has 0 spiro atoms. The van der Waals surface area contributed by atoms with Crippen molar-refractivity contribution < 1.29 is 9.66 Å². The van der Waals surface area contributed by atoms with Gasteiger partial charge in [-0.15, -0.1) is 0 Å². The number of halogens is 2. The minimum absolute atomic E-state index is 0.0300. The van der Waals surface area contributed by atoms with Crippen LogP contribution in [0.2, 0.25) is 0 Å². The number of aromatic nitrogens is 1. The zero-order chi connectivity index (χ0) is 15.4. The van der Waals surface area contributed by atoms with E-state index in [0.29, 0.717) is 27.1 Å².